The van der Waals surface area contributed by atoms with Crippen molar-refractivity contribution in [2.24, 2.45) is 0 Å². The molecule has 0 heterocycles. The van der Waals surface area contributed by atoms with E-state index in [2.05, 4.69) is 0 Å². The summed E-state index contributed by atoms with van der Waals surface area (Å²) in [6, 6.07) is 0. The minimum atomic E-state index is -0.928. The lowest BCUT2D eigenvalue weighted by Gasteiger charge is -2.49. The molecule has 0 aromatic heterocycles. The Morgan fingerprint density at radius 3 is 2.21 bits per heavy atom. The smallest absolute Gasteiger partial charge is 0.317 e. The van der Waals surface area contributed by atoms with Crippen molar-refractivity contribution in [2.75, 3.05) is 13.1 Å². The molecule has 1 rings (SSSR count). The largest absolute Gasteiger partial charge is 0.480 e. The highest BCUT2D eigenvalue weighted by atomic mass is 16.6. The summed E-state index contributed by atoms with van der Waals surface area (Å²) < 4.78 is 0. The molecule has 6 nitrogen and oxygen atoms in total. The molecule has 0 aromatic carbocycles. The zero-order valence-electron chi connectivity index (χ0n) is 12.0. The summed E-state index contributed by atoms with van der Waals surface area (Å²) >= 11 is 0. The van der Waals surface area contributed by atoms with E-state index in [0.29, 0.717) is 12.8 Å². The van der Waals surface area contributed by atoms with Gasteiger partial charge >= 0.3 is 5.97 Å². The minimum Gasteiger partial charge on any atom is -0.480 e. The Labute approximate surface area is 113 Å². The number of carbonyl (C=O) groups is 1. The van der Waals surface area contributed by atoms with E-state index in [0.717, 1.165) is 19.3 Å². The first kappa shape index (κ1) is 15.9. The Kier molecular flexibility index (Phi) is 4.90. The maximum absolute atomic E-state index is 11.1. The van der Waals surface area contributed by atoms with Crippen molar-refractivity contribution in [3.05, 3.63) is 10.1 Å². The Morgan fingerprint density at radius 2 is 1.84 bits per heavy atom. The van der Waals surface area contributed by atoms with Gasteiger partial charge in [-0.1, -0.05) is 19.3 Å². The van der Waals surface area contributed by atoms with Gasteiger partial charge in [-0.15, -0.1) is 0 Å². The summed E-state index contributed by atoms with van der Waals surface area (Å²) in [5.41, 5.74) is -1.01. The Bertz CT molecular complexity index is 343. The number of carboxylic acids is 1. The molecule has 0 saturated heterocycles. The summed E-state index contributed by atoms with van der Waals surface area (Å²) in [5.74, 6) is -0.928. The van der Waals surface area contributed by atoms with Crippen LogP contribution in [-0.2, 0) is 4.79 Å². The monoisotopic (exact) mass is 272 g/mol. The van der Waals surface area contributed by atoms with Gasteiger partial charge in [-0.25, -0.2) is 0 Å². The quantitative estimate of drug-likeness (QED) is 0.612. The number of hydrogen-bond donors (Lipinski definition) is 1. The fourth-order valence-corrected chi connectivity index (χ4v) is 3.22. The van der Waals surface area contributed by atoms with Gasteiger partial charge in [0.1, 0.15) is 0 Å². The molecule has 1 fully saturated rings. The van der Waals surface area contributed by atoms with E-state index in [1.165, 1.54) is 0 Å². The lowest BCUT2D eigenvalue weighted by atomic mass is 9.78. The number of nitrogens with zero attached hydrogens (tertiary/aromatic N) is 2. The molecule has 1 N–H and O–H groups in total. The number of nitro groups is 1. The summed E-state index contributed by atoms with van der Waals surface area (Å²) in [6.07, 6.45) is 4.35. The maximum Gasteiger partial charge on any atom is 0.317 e. The molecule has 0 unspecified atom stereocenters. The summed E-state index contributed by atoms with van der Waals surface area (Å²) in [4.78, 5) is 23.7. The van der Waals surface area contributed by atoms with Gasteiger partial charge in [-0.05, 0) is 33.6 Å². The van der Waals surface area contributed by atoms with E-state index in [9.17, 15) is 14.9 Å². The number of aliphatic carboxylic acids is 1. The molecule has 1 saturated carbocycles. The van der Waals surface area contributed by atoms with E-state index in [1.54, 1.807) is 0 Å². The predicted molar refractivity (Wildman–Crippen MR) is 71.8 cm³/mol. The van der Waals surface area contributed by atoms with Crippen LogP contribution in [0.4, 0.5) is 0 Å². The highest BCUT2D eigenvalue weighted by molar-refractivity contribution is 5.69. The molecule has 0 aliphatic heterocycles. The third-order valence-corrected chi connectivity index (χ3v) is 3.88. The second kappa shape index (κ2) is 5.86. The fourth-order valence-electron chi connectivity index (χ4n) is 3.22. The van der Waals surface area contributed by atoms with Gasteiger partial charge < -0.3 is 5.11 Å². The molecule has 0 spiro atoms. The van der Waals surface area contributed by atoms with Crippen LogP contribution in [0.5, 0.6) is 0 Å². The molecular formula is C13H24N2O4. The van der Waals surface area contributed by atoms with Crippen molar-refractivity contribution in [3.63, 3.8) is 0 Å². The lowest BCUT2D eigenvalue weighted by Crippen LogP contribution is -2.62. The third-order valence-electron chi connectivity index (χ3n) is 3.88. The highest BCUT2D eigenvalue weighted by Crippen LogP contribution is 2.37. The Hall–Kier alpha value is -1.17. The second-order valence-electron chi connectivity index (χ2n) is 6.43. The number of rotatable bonds is 5. The first-order chi connectivity index (χ1) is 8.67. The van der Waals surface area contributed by atoms with Crippen LogP contribution < -0.4 is 0 Å². The zero-order chi connectivity index (χ0) is 14.7. The van der Waals surface area contributed by atoms with Crippen molar-refractivity contribution < 1.29 is 14.8 Å². The van der Waals surface area contributed by atoms with Gasteiger partial charge in [0.2, 0.25) is 6.54 Å². The average Bonchev–Trinajstić information content (AvgIpc) is 2.24. The van der Waals surface area contributed by atoms with Gasteiger partial charge in [-0.3, -0.25) is 19.8 Å². The molecule has 1 aliphatic rings. The van der Waals surface area contributed by atoms with E-state index in [-0.39, 0.29) is 18.0 Å². The van der Waals surface area contributed by atoms with Gasteiger partial charge in [0.15, 0.2) is 0 Å². The first-order valence-electron chi connectivity index (χ1n) is 6.79. The zero-order valence-corrected chi connectivity index (χ0v) is 12.0. The molecule has 0 aromatic rings. The Balaban J connectivity index is 3.08. The topological polar surface area (TPSA) is 83.7 Å². The van der Waals surface area contributed by atoms with Crippen LogP contribution in [0.3, 0.4) is 0 Å². The summed E-state index contributed by atoms with van der Waals surface area (Å²) in [7, 11) is 0. The average molecular weight is 272 g/mol. The highest BCUT2D eigenvalue weighted by Gasteiger charge is 2.47. The van der Waals surface area contributed by atoms with Crippen LogP contribution in [0.25, 0.3) is 0 Å². The van der Waals surface area contributed by atoms with Crippen molar-refractivity contribution >= 4 is 5.97 Å². The molecule has 19 heavy (non-hydrogen) atoms. The summed E-state index contributed by atoms with van der Waals surface area (Å²) in [5, 5.41) is 20.1. The molecule has 110 valence electrons. The molecular weight excluding hydrogens is 248 g/mol. The molecule has 0 amide bonds. The normalized spacial score (nSPS) is 19.4. The van der Waals surface area contributed by atoms with E-state index < -0.39 is 17.0 Å². The summed E-state index contributed by atoms with van der Waals surface area (Å²) in [6.45, 7) is 5.46. The van der Waals surface area contributed by atoms with Crippen LogP contribution in [0, 0.1) is 10.1 Å². The van der Waals surface area contributed by atoms with Crippen molar-refractivity contribution in [1.29, 1.82) is 0 Å². The van der Waals surface area contributed by atoms with E-state index >= 15 is 0 Å². The minimum absolute atomic E-state index is 0.142. The van der Waals surface area contributed by atoms with Gasteiger partial charge in [-0.2, -0.15) is 0 Å². The molecule has 0 bridgehead atoms. The van der Waals surface area contributed by atoms with Gasteiger partial charge in [0, 0.05) is 10.5 Å². The van der Waals surface area contributed by atoms with Crippen LogP contribution in [-0.4, -0.2) is 45.1 Å². The first-order valence-corrected chi connectivity index (χ1v) is 6.79. The van der Waals surface area contributed by atoms with Crippen LogP contribution in [0.1, 0.15) is 52.9 Å². The van der Waals surface area contributed by atoms with Crippen LogP contribution in [0.2, 0.25) is 0 Å². The lowest BCUT2D eigenvalue weighted by molar-refractivity contribution is -0.498. The van der Waals surface area contributed by atoms with E-state index in [4.69, 9.17) is 5.11 Å². The molecule has 1 aliphatic carbocycles. The third kappa shape index (κ3) is 4.16. The molecule has 0 atom stereocenters. The van der Waals surface area contributed by atoms with E-state index in [1.807, 2.05) is 25.7 Å². The number of carboxylic acid groups (broad SMARTS) is 1. The van der Waals surface area contributed by atoms with Crippen molar-refractivity contribution in [3.8, 4) is 0 Å². The standard InChI is InChI=1S/C13H24N2O4/c1-12(2,3)14(9-11(16)17)13(10-15(18)19)7-5-4-6-8-13/h4-10H2,1-3H3,(H,16,17). The van der Waals surface area contributed by atoms with Gasteiger partial charge in [0.05, 0.1) is 12.1 Å². The second-order valence-corrected chi connectivity index (χ2v) is 6.43. The predicted octanol–water partition coefficient (Wildman–Crippen LogP) is 2.15. The maximum atomic E-state index is 11.1. The SMILES string of the molecule is CC(C)(C)N(CC(=O)O)C1(C[N+](=O)[O-])CCCCC1. The Morgan fingerprint density at radius 1 is 1.32 bits per heavy atom. The van der Waals surface area contributed by atoms with Gasteiger partial charge in [0.25, 0.3) is 0 Å². The molecule has 6 heteroatoms. The fraction of sp³-hybridized carbons (Fsp3) is 0.923. The number of hydrogen-bond acceptors (Lipinski definition) is 4. The molecule has 0 radical (unpaired) electrons. The van der Waals surface area contributed by atoms with Crippen molar-refractivity contribution in [2.45, 2.75) is 64.0 Å². The van der Waals surface area contributed by atoms with Crippen LogP contribution in [0.15, 0.2) is 0 Å². The van der Waals surface area contributed by atoms with Crippen LogP contribution >= 0.6 is 0 Å². The van der Waals surface area contributed by atoms with Crippen molar-refractivity contribution in [1.82, 2.24) is 4.90 Å².